The Hall–Kier alpha value is -3.85. The first-order chi connectivity index (χ1) is 16.4. The van der Waals surface area contributed by atoms with E-state index in [1.807, 2.05) is 0 Å². The normalized spacial score (nSPS) is 15.5. The first kappa shape index (κ1) is 23.3. The van der Waals surface area contributed by atoms with Gasteiger partial charge in [-0.3, -0.25) is 9.36 Å². The van der Waals surface area contributed by atoms with E-state index < -0.39 is 12.0 Å². The summed E-state index contributed by atoms with van der Waals surface area (Å²) >= 11 is 1.23. The van der Waals surface area contributed by atoms with Crippen LogP contribution >= 0.6 is 11.3 Å². The number of nitrogens with zero attached hydrogens (tertiary/aromatic N) is 2. The molecule has 2 aromatic carbocycles. The van der Waals surface area contributed by atoms with E-state index in [1.54, 1.807) is 62.4 Å². The number of esters is 1. The van der Waals surface area contributed by atoms with Gasteiger partial charge in [-0.2, -0.15) is 0 Å². The summed E-state index contributed by atoms with van der Waals surface area (Å²) in [5, 5.41) is 9.54. The topological polar surface area (TPSA) is 99.4 Å². The van der Waals surface area contributed by atoms with Gasteiger partial charge >= 0.3 is 5.97 Å². The number of rotatable bonds is 6. The van der Waals surface area contributed by atoms with Gasteiger partial charge in [0.05, 0.1) is 42.7 Å². The van der Waals surface area contributed by atoms with E-state index in [4.69, 9.17) is 14.2 Å². The number of hydrogen-bond acceptors (Lipinski definition) is 8. The SMILES string of the molecule is CCOC(=O)C1=C(C)N=c2sc(=Cc3ccc(O)cc3)c(=O)n2[C@H]1c1ccc(OC)c(OC)c1. The Morgan fingerprint density at radius 1 is 1.15 bits per heavy atom. The van der Waals surface area contributed by atoms with Crippen molar-refractivity contribution in [3.8, 4) is 17.2 Å². The van der Waals surface area contributed by atoms with Crippen LogP contribution in [0, 0.1) is 0 Å². The van der Waals surface area contributed by atoms with Crippen molar-refractivity contribution in [2.45, 2.75) is 19.9 Å². The van der Waals surface area contributed by atoms with Crippen LogP contribution in [0.5, 0.6) is 17.2 Å². The molecule has 1 aromatic heterocycles. The third kappa shape index (κ3) is 4.22. The number of allylic oxidation sites excluding steroid dienone is 1. The fourth-order valence-corrected chi connectivity index (χ4v) is 4.90. The Bertz CT molecular complexity index is 1450. The number of thiazole rings is 1. The van der Waals surface area contributed by atoms with E-state index in [1.165, 1.54) is 30.1 Å². The lowest BCUT2D eigenvalue weighted by Gasteiger charge is -2.25. The number of ether oxygens (including phenoxy) is 3. The molecule has 0 fully saturated rings. The van der Waals surface area contributed by atoms with Crippen LogP contribution < -0.4 is 24.4 Å². The smallest absolute Gasteiger partial charge is 0.338 e. The second-order valence-corrected chi connectivity index (χ2v) is 8.52. The predicted octanol–water partition coefficient (Wildman–Crippen LogP) is 2.52. The highest BCUT2D eigenvalue weighted by atomic mass is 32.1. The summed E-state index contributed by atoms with van der Waals surface area (Å²) in [5.74, 6) is 0.617. The Kier molecular flexibility index (Phi) is 6.56. The fourth-order valence-electron chi connectivity index (χ4n) is 3.85. The van der Waals surface area contributed by atoms with Crippen LogP contribution in [0.25, 0.3) is 6.08 Å². The molecule has 1 atom stereocenters. The molecule has 4 rings (SSSR count). The van der Waals surface area contributed by atoms with Crippen molar-refractivity contribution in [1.29, 1.82) is 0 Å². The summed E-state index contributed by atoms with van der Waals surface area (Å²) in [4.78, 5) is 31.6. The minimum atomic E-state index is -0.753. The van der Waals surface area contributed by atoms with E-state index >= 15 is 0 Å². The number of aromatic nitrogens is 1. The average molecular weight is 481 g/mol. The maximum atomic E-state index is 13.6. The number of carbonyl (C=O) groups is 1. The molecule has 1 N–H and O–H groups in total. The lowest BCUT2D eigenvalue weighted by Crippen LogP contribution is -2.39. The van der Waals surface area contributed by atoms with Crippen molar-refractivity contribution in [2.75, 3.05) is 20.8 Å². The third-order valence-corrected chi connectivity index (χ3v) is 6.41. The molecule has 1 aliphatic heterocycles. The molecule has 8 nitrogen and oxygen atoms in total. The molecule has 0 radical (unpaired) electrons. The lowest BCUT2D eigenvalue weighted by atomic mass is 9.95. The molecule has 3 aromatic rings. The van der Waals surface area contributed by atoms with Gasteiger partial charge in [-0.05, 0) is 55.3 Å². The molecule has 0 amide bonds. The molecule has 0 saturated carbocycles. The number of carbonyl (C=O) groups excluding carboxylic acids is 1. The van der Waals surface area contributed by atoms with E-state index in [-0.39, 0.29) is 23.5 Å². The van der Waals surface area contributed by atoms with E-state index in [0.29, 0.717) is 32.1 Å². The Morgan fingerprint density at radius 2 is 1.85 bits per heavy atom. The van der Waals surface area contributed by atoms with Crippen LogP contribution in [0.4, 0.5) is 0 Å². The molecule has 0 spiro atoms. The predicted molar refractivity (Wildman–Crippen MR) is 128 cm³/mol. The number of methoxy groups -OCH3 is 2. The zero-order valence-electron chi connectivity index (χ0n) is 19.2. The quantitative estimate of drug-likeness (QED) is 0.545. The van der Waals surface area contributed by atoms with Crippen LogP contribution in [0.1, 0.15) is 31.0 Å². The van der Waals surface area contributed by atoms with E-state index in [9.17, 15) is 14.7 Å². The summed E-state index contributed by atoms with van der Waals surface area (Å²) in [6.07, 6.45) is 1.73. The van der Waals surface area contributed by atoms with Crippen molar-refractivity contribution in [3.05, 3.63) is 84.5 Å². The summed E-state index contributed by atoms with van der Waals surface area (Å²) in [6.45, 7) is 3.66. The summed E-state index contributed by atoms with van der Waals surface area (Å²) < 4.78 is 18.1. The molecule has 176 valence electrons. The Balaban J connectivity index is 1.96. The van der Waals surface area contributed by atoms with Crippen molar-refractivity contribution in [1.82, 2.24) is 4.57 Å². The van der Waals surface area contributed by atoms with Crippen LogP contribution in [0.2, 0.25) is 0 Å². The van der Waals surface area contributed by atoms with Crippen LogP contribution in [0.15, 0.2) is 63.5 Å². The summed E-state index contributed by atoms with van der Waals surface area (Å²) in [5.41, 5.74) is 1.90. The van der Waals surface area contributed by atoms with Gasteiger partial charge in [0.25, 0.3) is 5.56 Å². The number of fused-ring (bicyclic) bond motifs is 1. The zero-order chi connectivity index (χ0) is 24.4. The minimum absolute atomic E-state index is 0.141. The molecule has 0 unspecified atom stereocenters. The highest BCUT2D eigenvalue weighted by Gasteiger charge is 2.33. The van der Waals surface area contributed by atoms with Crippen molar-refractivity contribution in [2.24, 2.45) is 4.99 Å². The first-order valence-corrected chi connectivity index (χ1v) is 11.4. The van der Waals surface area contributed by atoms with Gasteiger partial charge in [0.1, 0.15) is 5.75 Å². The van der Waals surface area contributed by atoms with Crippen molar-refractivity contribution >= 4 is 23.4 Å². The van der Waals surface area contributed by atoms with Crippen LogP contribution in [-0.2, 0) is 9.53 Å². The molecule has 2 heterocycles. The molecular weight excluding hydrogens is 456 g/mol. The van der Waals surface area contributed by atoms with Crippen molar-refractivity contribution < 1.29 is 24.1 Å². The second-order valence-electron chi connectivity index (χ2n) is 7.51. The van der Waals surface area contributed by atoms with Crippen molar-refractivity contribution in [3.63, 3.8) is 0 Å². The van der Waals surface area contributed by atoms with Gasteiger partial charge in [0, 0.05) is 0 Å². The van der Waals surface area contributed by atoms with Gasteiger partial charge in [-0.1, -0.05) is 29.5 Å². The first-order valence-electron chi connectivity index (χ1n) is 10.6. The molecule has 1 aliphatic rings. The maximum absolute atomic E-state index is 13.6. The lowest BCUT2D eigenvalue weighted by molar-refractivity contribution is -0.139. The van der Waals surface area contributed by atoms with E-state index in [0.717, 1.165) is 5.56 Å². The molecule has 0 saturated heterocycles. The van der Waals surface area contributed by atoms with Crippen LogP contribution in [-0.4, -0.2) is 36.5 Å². The molecule has 0 aliphatic carbocycles. The molecule has 0 bridgehead atoms. The van der Waals surface area contributed by atoms with Gasteiger partial charge in [0.2, 0.25) is 0 Å². The van der Waals surface area contributed by atoms with Gasteiger partial charge in [0.15, 0.2) is 16.3 Å². The third-order valence-electron chi connectivity index (χ3n) is 5.43. The number of aromatic hydroxyl groups is 1. The van der Waals surface area contributed by atoms with E-state index in [2.05, 4.69) is 4.99 Å². The molecule has 9 heteroatoms. The van der Waals surface area contributed by atoms with Gasteiger partial charge in [-0.15, -0.1) is 0 Å². The number of phenols is 1. The molecular formula is C25H24N2O6S. The molecule has 34 heavy (non-hydrogen) atoms. The summed E-state index contributed by atoms with van der Waals surface area (Å²) in [6, 6.07) is 11.1. The van der Waals surface area contributed by atoms with Crippen LogP contribution in [0.3, 0.4) is 0 Å². The Morgan fingerprint density at radius 3 is 2.50 bits per heavy atom. The number of hydrogen-bond donors (Lipinski definition) is 1. The summed E-state index contributed by atoms with van der Waals surface area (Å²) in [7, 11) is 3.07. The second kappa shape index (κ2) is 9.56. The highest BCUT2D eigenvalue weighted by Crippen LogP contribution is 2.36. The Labute approximate surface area is 199 Å². The van der Waals surface area contributed by atoms with Gasteiger partial charge in [-0.25, -0.2) is 9.79 Å². The monoisotopic (exact) mass is 480 g/mol. The van der Waals surface area contributed by atoms with Gasteiger partial charge < -0.3 is 19.3 Å². The number of phenolic OH excluding ortho intramolecular Hbond substituents is 1. The zero-order valence-corrected chi connectivity index (χ0v) is 20.0. The largest absolute Gasteiger partial charge is 0.508 e. The maximum Gasteiger partial charge on any atom is 0.338 e. The average Bonchev–Trinajstić information content (AvgIpc) is 3.13. The number of benzene rings is 2. The highest BCUT2D eigenvalue weighted by molar-refractivity contribution is 7.07. The standard InChI is InChI=1S/C25H24N2O6S/c1-5-33-24(30)21-14(2)26-25-27(22(21)16-8-11-18(31-3)19(13-16)32-4)23(29)20(34-25)12-15-6-9-17(28)10-7-15/h6-13,22,28H,5H2,1-4H3/t22-/m0/s1. The fraction of sp³-hybridized carbons (Fsp3) is 0.240. The minimum Gasteiger partial charge on any atom is -0.508 e.